The SMILES string of the molecule is CCOC(=O)N1CCN(c2oc(COc3cc(C)cc(C)c3)nc2C#N)CC1. The molecule has 0 saturated carbocycles. The number of aryl methyl sites for hydroxylation is 2. The van der Waals surface area contributed by atoms with E-state index in [1.807, 2.05) is 30.9 Å². The third kappa shape index (κ3) is 4.55. The molecule has 8 heteroatoms. The fourth-order valence-electron chi connectivity index (χ4n) is 3.17. The van der Waals surface area contributed by atoms with E-state index in [0.717, 1.165) is 16.9 Å². The topological polar surface area (TPSA) is 91.8 Å². The molecule has 0 aliphatic carbocycles. The smallest absolute Gasteiger partial charge is 0.409 e. The minimum Gasteiger partial charge on any atom is -0.484 e. The highest BCUT2D eigenvalue weighted by molar-refractivity contribution is 5.68. The lowest BCUT2D eigenvalue weighted by atomic mass is 10.1. The third-order valence-electron chi connectivity index (χ3n) is 4.41. The number of rotatable bonds is 5. The van der Waals surface area contributed by atoms with E-state index >= 15 is 0 Å². The Morgan fingerprint density at radius 3 is 2.50 bits per heavy atom. The second kappa shape index (κ2) is 8.65. The minimum absolute atomic E-state index is 0.139. The number of piperazine rings is 1. The van der Waals surface area contributed by atoms with Crippen LogP contribution in [0.1, 0.15) is 29.6 Å². The van der Waals surface area contributed by atoms with Crippen molar-refractivity contribution < 1.29 is 18.7 Å². The quantitative estimate of drug-likeness (QED) is 0.782. The van der Waals surface area contributed by atoms with Gasteiger partial charge in [0.2, 0.25) is 17.5 Å². The van der Waals surface area contributed by atoms with Gasteiger partial charge in [-0.2, -0.15) is 10.2 Å². The van der Waals surface area contributed by atoms with Crippen molar-refractivity contribution in [3.63, 3.8) is 0 Å². The van der Waals surface area contributed by atoms with Crippen LogP contribution in [0.4, 0.5) is 10.7 Å². The first-order valence-corrected chi connectivity index (χ1v) is 9.27. The zero-order chi connectivity index (χ0) is 20.1. The van der Waals surface area contributed by atoms with Crippen LogP contribution in [0, 0.1) is 25.2 Å². The van der Waals surface area contributed by atoms with E-state index in [1.165, 1.54) is 0 Å². The van der Waals surface area contributed by atoms with Crippen molar-refractivity contribution in [2.24, 2.45) is 0 Å². The molecule has 1 aliphatic heterocycles. The number of carbonyl (C=O) groups excluding carboxylic acids is 1. The highest BCUT2D eigenvalue weighted by Crippen LogP contribution is 2.24. The predicted octanol–water partition coefficient (Wildman–Crippen LogP) is 3.02. The van der Waals surface area contributed by atoms with Gasteiger partial charge in [-0.25, -0.2) is 4.79 Å². The van der Waals surface area contributed by atoms with Crippen LogP contribution in [0.15, 0.2) is 22.6 Å². The molecule has 148 valence electrons. The Kier molecular flexibility index (Phi) is 6.04. The van der Waals surface area contributed by atoms with E-state index < -0.39 is 0 Å². The van der Waals surface area contributed by atoms with E-state index in [9.17, 15) is 10.1 Å². The van der Waals surface area contributed by atoms with Gasteiger partial charge in [-0.15, -0.1) is 0 Å². The van der Waals surface area contributed by atoms with Gasteiger partial charge < -0.3 is 23.7 Å². The molecule has 0 bridgehead atoms. The molecular weight excluding hydrogens is 360 g/mol. The van der Waals surface area contributed by atoms with E-state index in [-0.39, 0.29) is 18.4 Å². The fraction of sp³-hybridized carbons (Fsp3) is 0.450. The van der Waals surface area contributed by atoms with Crippen LogP contribution in [0.2, 0.25) is 0 Å². The molecule has 0 N–H and O–H groups in total. The summed E-state index contributed by atoms with van der Waals surface area (Å²) in [4.78, 5) is 19.6. The molecular formula is C20H24N4O4. The molecule has 3 rings (SSSR count). The summed E-state index contributed by atoms with van der Waals surface area (Å²) in [6, 6.07) is 8.03. The number of nitriles is 1. The molecule has 1 aliphatic rings. The normalized spacial score (nSPS) is 13.9. The van der Waals surface area contributed by atoms with Crippen molar-refractivity contribution in [3.05, 3.63) is 40.9 Å². The molecule has 0 atom stereocenters. The van der Waals surface area contributed by atoms with Crippen molar-refractivity contribution >= 4 is 12.0 Å². The summed E-state index contributed by atoms with van der Waals surface area (Å²) < 4.78 is 16.6. The lowest BCUT2D eigenvalue weighted by Crippen LogP contribution is -2.49. The molecule has 28 heavy (non-hydrogen) atoms. The standard InChI is InChI=1S/C20H24N4O4/c1-4-26-20(25)24-7-5-23(6-8-24)19-17(12-21)22-18(28-19)13-27-16-10-14(2)9-15(3)11-16/h9-11H,4-8,13H2,1-3H3. The van der Waals surface area contributed by atoms with E-state index in [2.05, 4.69) is 17.1 Å². The number of benzene rings is 1. The van der Waals surface area contributed by atoms with Gasteiger partial charge >= 0.3 is 6.09 Å². The number of aromatic nitrogens is 1. The lowest BCUT2D eigenvalue weighted by Gasteiger charge is -2.33. The molecule has 0 spiro atoms. The molecule has 1 aromatic carbocycles. The molecule has 1 fully saturated rings. The molecule has 2 aromatic rings. The average Bonchev–Trinajstić information content (AvgIpc) is 3.09. The molecule has 0 radical (unpaired) electrons. The van der Waals surface area contributed by atoms with Crippen molar-refractivity contribution in [3.8, 4) is 11.8 Å². The van der Waals surface area contributed by atoms with Gasteiger partial charge in [-0.05, 0) is 44.0 Å². The number of hydrogen-bond acceptors (Lipinski definition) is 7. The van der Waals surface area contributed by atoms with Crippen molar-refractivity contribution in [1.29, 1.82) is 5.26 Å². The van der Waals surface area contributed by atoms with Crippen LogP contribution in [-0.4, -0.2) is 48.8 Å². The van der Waals surface area contributed by atoms with Crippen molar-refractivity contribution in [2.75, 3.05) is 37.7 Å². The largest absolute Gasteiger partial charge is 0.484 e. The number of anilines is 1. The second-order valence-electron chi connectivity index (χ2n) is 6.66. The van der Waals surface area contributed by atoms with Gasteiger partial charge in [-0.1, -0.05) is 6.07 Å². The number of amides is 1. The second-order valence-corrected chi connectivity index (χ2v) is 6.66. The molecule has 1 amide bonds. The maximum absolute atomic E-state index is 11.8. The number of oxazole rings is 1. The zero-order valence-electron chi connectivity index (χ0n) is 16.4. The van der Waals surface area contributed by atoms with E-state index in [0.29, 0.717) is 44.6 Å². The fourth-order valence-corrected chi connectivity index (χ4v) is 3.17. The Bertz CT molecular complexity index is 859. The first kappa shape index (κ1) is 19.5. The van der Waals surface area contributed by atoms with Gasteiger partial charge in [0.05, 0.1) is 6.61 Å². The summed E-state index contributed by atoms with van der Waals surface area (Å²) in [5.74, 6) is 1.50. The van der Waals surface area contributed by atoms with Crippen molar-refractivity contribution in [2.45, 2.75) is 27.4 Å². The Hall–Kier alpha value is -3.21. The Morgan fingerprint density at radius 2 is 1.89 bits per heavy atom. The summed E-state index contributed by atoms with van der Waals surface area (Å²) in [7, 11) is 0. The highest BCUT2D eigenvalue weighted by atomic mass is 16.6. The Morgan fingerprint density at radius 1 is 1.21 bits per heavy atom. The first-order valence-electron chi connectivity index (χ1n) is 9.27. The monoisotopic (exact) mass is 384 g/mol. The number of nitrogens with zero attached hydrogens (tertiary/aromatic N) is 4. The molecule has 1 aromatic heterocycles. The van der Waals surface area contributed by atoms with E-state index in [1.54, 1.807) is 11.8 Å². The van der Waals surface area contributed by atoms with Crippen LogP contribution in [0.25, 0.3) is 0 Å². The summed E-state index contributed by atoms with van der Waals surface area (Å²) in [6.07, 6.45) is -0.317. The number of carbonyl (C=O) groups is 1. The maximum Gasteiger partial charge on any atom is 0.409 e. The molecule has 8 nitrogen and oxygen atoms in total. The molecule has 0 unspecified atom stereocenters. The molecule has 2 heterocycles. The Labute approximate surface area is 164 Å². The first-order chi connectivity index (χ1) is 13.5. The van der Waals surface area contributed by atoms with Crippen LogP contribution < -0.4 is 9.64 Å². The van der Waals surface area contributed by atoms with Crippen LogP contribution in [0.3, 0.4) is 0 Å². The number of ether oxygens (including phenoxy) is 2. The lowest BCUT2D eigenvalue weighted by molar-refractivity contribution is 0.104. The summed E-state index contributed by atoms with van der Waals surface area (Å²) in [5.41, 5.74) is 2.45. The van der Waals surface area contributed by atoms with Gasteiger partial charge in [0, 0.05) is 26.2 Å². The molecule has 1 saturated heterocycles. The summed E-state index contributed by atoms with van der Waals surface area (Å²) >= 11 is 0. The maximum atomic E-state index is 11.8. The number of hydrogen-bond donors (Lipinski definition) is 0. The highest BCUT2D eigenvalue weighted by Gasteiger charge is 2.26. The minimum atomic E-state index is -0.317. The average molecular weight is 384 g/mol. The van der Waals surface area contributed by atoms with Gasteiger partial charge in [0.1, 0.15) is 11.8 Å². The summed E-state index contributed by atoms with van der Waals surface area (Å²) in [6.45, 7) is 8.37. The van der Waals surface area contributed by atoms with E-state index in [4.69, 9.17) is 13.9 Å². The zero-order valence-corrected chi connectivity index (χ0v) is 16.4. The van der Waals surface area contributed by atoms with Crippen LogP contribution >= 0.6 is 0 Å². The summed E-state index contributed by atoms with van der Waals surface area (Å²) in [5, 5.41) is 9.41. The predicted molar refractivity (Wildman–Crippen MR) is 102 cm³/mol. The van der Waals surface area contributed by atoms with Gasteiger partial charge in [0.15, 0.2) is 6.61 Å². The Balaban J connectivity index is 1.64. The van der Waals surface area contributed by atoms with Gasteiger partial charge in [0.25, 0.3) is 0 Å². The van der Waals surface area contributed by atoms with Crippen molar-refractivity contribution in [1.82, 2.24) is 9.88 Å². The van der Waals surface area contributed by atoms with Gasteiger partial charge in [-0.3, -0.25) is 0 Å². The third-order valence-corrected chi connectivity index (χ3v) is 4.41. The van der Waals surface area contributed by atoms with Crippen LogP contribution in [-0.2, 0) is 11.3 Å². The van der Waals surface area contributed by atoms with Crippen LogP contribution in [0.5, 0.6) is 5.75 Å².